The van der Waals surface area contributed by atoms with Crippen LogP contribution in [0.5, 0.6) is 0 Å². The minimum atomic E-state index is 0.907. The Labute approximate surface area is 108 Å². The maximum Gasteiger partial charge on any atom is 0.115 e. The third-order valence-electron chi connectivity index (χ3n) is 5.30. The first kappa shape index (κ1) is 10.9. The zero-order valence-corrected chi connectivity index (χ0v) is 10.9. The molecule has 18 heavy (non-hydrogen) atoms. The molecular formula is C15H21N3. The highest BCUT2D eigenvalue weighted by atomic mass is 14.9. The molecule has 2 bridgehead atoms. The number of hydrogen-bond donors (Lipinski definition) is 1. The quantitative estimate of drug-likeness (QED) is 0.864. The fraction of sp³-hybridized carbons (Fsp3) is 0.733. The van der Waals surface area contributed by atoms with Gasteiger partial charge in [-0.05, 0) is 43.4 Å². The summed E-state index contributed by atoms with van der Waals surface area (Å²) in [5, 5.41) is 3.46. The van der Waals surface area contributed by atoms with E-state index in [1.807, 2.05) is 0 Å². The van der Waals surface area contributed by atoms with Crippen LogP contribution in [0, 0.1) is 17.8 Å². The molecule has 3 atom stereocenters. The summed E-state index contributed by atoms with van der Waals surface area (Å²) in [5.41, 5.74) is 4.04. The lowest BCUT2D eigenvalue weighted by Gasteiger charge is -2.24. The van der Waals surface area contributed by atoms with Crippen molar-refractivity contribution in [3.63, 3.8) is 0 Å². The first-order valence-electron chi connectivity index (χ1n) is 7.42. The van der Waals surface area contributed by atoms with Gasteiger partial charge in [-0.15, -0.1) is 0 Å². The van der Waals surface area contributed by atoms with Gasteiger partial charge in [0.1, 0.15) is 6.33 Å². The number of rotatable bonds is 2. The lowest BCUT2D eigenvalue weighted by molar-refractivity contribution is 0.328. The van der Waals surface area contributed by atoms with Crippen molar-refractivity contribution in [3.05, 3.63) is 23.3 Å². The Morgan fingerprint density at radius 3 is 3.06 bits per heavy atom. The fourth-order valence-electron chi connectivity index (χ4n) is 4.38. The van der Waals surface area contributed by atoms with E-state index in [4.69, 9.17) is 0 Å². The maximum absolute atomic E-state index is 4.59. The number of nitrogens with one attached hydrogen (secondary N) is 1. The van der Waals surface area contributed by atoms with E-state index in [2.05, 4.69) is 15.3 Å². The first-order chi connectivity index (χ1) is 8.90. The van der Waals surface area contributed by atoms with E-state index in [0.29, 0.717) is 0 Å². The number of aromatic nitrogens is 2. The van der Waals surface area contributed by atoms with E-state index in [-0.39, 0.29) is 0 Å². The Bertz CT molecular complexity index is 457. The second-order valence-electron chi connectivity index (χ2n) is 6.31. The minimum Gasteiger partial charge on any atom is -0.312 e. The molecule has 2 saturated carbocycles. The molecule has 1 aromatic rings. The van der Waals surface area contributed by atoms with Crippen molar-refractivity contribution in [2.75, 3.05) is 6.54 Å². The van der Waals surface area contributed by atoms with Gasteiger partial charge in [0.05, 0.1) is 0 Å². The SMILES string of the molecule is c1nc2c(c(CC3CC4CCC3C4)n1)CNCC2. The molecule has 1 aromatic heterocycles. The summed E-state index contributed by atoms with van der Waals surface area (Å²) in [7, 11) is 0. The monoisotopic (exact) mass is 243 g/mol. The van der Waals surface area contributed by atoms with Gasteiger partial charge in [-0.1, -0.05) is 6.42 Å². The van der Waals surface area contributed by atoms with Gasteiger partial charge in [0.15, 0.2) is 0 Å². The van der Waals surface area contributed by atoms with Gasteiger partial charge >= 0.3 is 0 Å². The molecule has 0 radical (unpaired) electrons. The van der Waals surface area contributed by atoms with Crippen molar-refractivity contribution >= 4 is 0 Å². The third-order valence-corrected chi connectivity index (χ3v) is 5.30. The summed E-state index contributed by atoms with van der Waals surface area (Å²) in [6.45, 7) is 2.05. The highest BCUT2D eigenvalue weighted by Gasteiger charge is 2.39. The molecule has 2 aliphatic carbocycles. The number of nitrogens with zero attached hydrogens (tertiary/aromatic N) is 2. The Kier molecular flexibility index (Phi) is 2.61. The number of fused-ring (bicyclic) bond motifs is 3. The van der Waals surface area contributed by atoms with Crippen LogP contribution in [0.25, 0.3) is 0 Å². The maximum atomic E-state index is 4.59. The lowest BCUT2D eigenvalue weighted by atomic mass is 9.84. The molecule has 0 aromatic carbocycles. The van der Waals surface area contributed by atoms with Crippen molar-refractivity contribution in [1.82, 2.24) is 15.3 Å². The summed E-state index contributed by atoms with van der Waals surface area (Å²) in [6.07, 6.45) is 9.97. The van der Waals surface area contributed by atoms with E-state index >= 15 is 0 Å². The summed E-state index contributed by atoms with van der Waals surface area (Å²) < 4.78 is 0. The summed E-state index contributed by atoms with van der Waals surface area (Å²) in [6, 6.07) is 0. The zero-order valence-electron chi connectivity index (χ0n) is 10.9. The summed E-state index contributed by atoms with van der Waals surface area (Å²) in [5.74, 6) is 2.94. The Morgan fingerprint density at radius 2 is 2.22 bits per heavy atom. The molecule has 1 N–H and O–H groups in total. The predicted molar refractivity (Wildman–Crippen MR) is 70.1 cm³/mol. The average Bonchev–Trinajstić information content (AvgIpc) is 3.01. The van der Waals surface area contributed by atoms with Crippen LogP contribution < -0.4 is 5.32 Å². The van der Waals surface area contributed by atoms with Gasteiger partial charge in [-0.3, -0.25) is 0 Å². The first-order valence-corrected chi connectivity index (χ1v) is 7.42. The standard InChI is InChI=1S/C15H21N3/c1-2-11-5-10(1)6-12(11)7-15-13-8-16-4-3-14(13)17-9-18-15/h9-12,16H,1-8H2. The van der Waals surface area contributed by atoms with Crippen LogP contribution >= 0.6 is 0 Å². The molecular weight excluding hydrogens is 222 g/mol. The molecule has 3 heteroatoms. The summed E-state index contributed by atoms with van der Waals surface area (Å²) >= 11 is 0. The Morgan fingerprint density at radius 1 is 1.22 bits per heavy atom. The van der Waals surface area contributed by atoms with E-state index in [0.717, 1.165) is 37.3 Å². The molecule has 0 saturated heterocycles. The van der Waals surface area contributed by atoms with Crippen molar-refractivity contribution in [1.29, 1.82) is 0 Å². The average molecular weight is 243 g/mol. The molecule has 0 amide bonds. The van der Waals surface area contributed by atoms with Crippen molar-refractivity contribution in [2.24, 2.45) is 17.8 Å². The second kappa shape index (κ2) is 4.30. The van der Waals surface area contributed by atoms with Gasteiger partial charge in [0.2, 0.25) is 0 Å². The number of hydrogen-bond acceptors (Lipinski definition) is 3. The Hall–Kier alpha value is -0.960. The van der Waals surface area contributed by atoms with Crippen LogP contribution in [0.1, 0.15) is 42.6 Å². The van der Waals surface area contributed by atoms with Crippen LogP contribution in [-0.4, -0.2) is 16.5 Å². The van der Waals surface area contributed by atoms with Gasteiger partial charge in [0.25, 0.3) is 0 Å². The molecule has 2 fully saturated rings. The van der Waals surface area contributed by atoms with Crippen LogP contribution in [0.2, 0.25) is 0 Å². The lowest BCUT2D eigenvalue weighted by Crippen LogP contribution is -2.27. The predicted octanol–water partition coefficient (Wildman–Crippen LogP) is 2.10. The van der Waals surface area contributed by atoms with Gasteiger partial charge in [0, 0.05) is 36.5 Å². The van der Waals surface area contributed by atoms with Crippen LogP contribution in [0.3, 0.4) is 0 Å². The van der Waals surface area contributed by atoms with Gasteiger partial charge in [-0.2, -0.15) is 0 Å². The van der Waals surface area contributed by atoms with Crippen molar-refractivity contribution in [2.45, 2.75) is 45.1 Å². The highest BCUT2D eigenvalue weighted by Crippen LogP contribution is 2.49. The zero-order chi connectivity index (χ0) is 11.9. The van der Waals surface area contributed by atoms with Crippen LogP contribution in [-0.2, 0) is 19.4 Å². The Balaban J connectivity index is 1.58. The van der Waals surface area contributed by atoms with E-state index in [1.165, 1.54) is 49.1 Å². The largest absolute Gasteiger partial charge is 0.312 e. The molecule has 2 heterocycles. The van der Waals surface area contributed by atoms with Gasteiger partial charge in [-0.25, -0.2) is 9.97 Å². The highest BCUT2D eigenvalue weighted by molar-refractivity contribution is 5.27. The van der Waals surface area contributed by atoms with Crippen molar-refractivity contribution in [3.8, 4) is 0 Å². The molecule has 1 aliphatic heterocycles. The second-order valence-corrected chi connectivity index (χ2v) is 6.31. The third kappa shape index (κ3) is 1.76. The smallest absolute Gasteiger partial charge is 0.115 e. The molecule has 3 aliphatic rings. The van der Waals surface area contributed by atoms with Crippen LogP contribution in [0.15, 0.2) is 6.33 Å². The topological polar surface area (TPSA) is 37.8 Å². The fourth-order valence-corrected chi connectivity index (χ4v) is 4.38. The van der Waals surface area contributed by atoms with Crippen LogP contribution in [0.4, 0.5) is 0 Å². The normalized spacial score (nSPS) is 33.7. The molecule has 3 nitrogen and oxygen atoms in total. The van der Waals surface area contributed by atoms with Crippen molar-refractivity contribution < 1.29 is 0 Å². The van der Waals surface area contributed by atoms with E-state index < -0.39 is 0 Å². The molecule has 96 valence electrons. The molecule has 4 rings (SSSR count). The molecule has 0 spiro atoms. The van der Waals surface area contributed by atoms with E-state index in [1.54, 1.807) is 6.33 Å². The minimum absolute atomic E-state index is 0.907. The summed E-state index contributed by atoms with van der Waals surface area (Å²) in [4.78, 5) is 9.04. The van der Waals surface area contributed by atoms with E-state index in [9.17, 15) is 0 Å². The van der Waals surface area contributed by atoms with Gasteiger partial charge < -0.3 is 5.32 Å². The molecule has 3 unspecified atom stereocenters.